The van der Waals surface area contributed by atoms with Crippen molar-refractivity contribution in [2.24, 2.45) is 0 Å². The summed E-state index contributed by atoms with van der Waals surface area (Å²) < 4.78 is 11.2. The van der Waals surface area contributed by atoms with Crippen molar-refractivity contribution in [1.29, 1.82) is 0 Å². The average molecular weight is 460 g/mol. The molecule has 0 aliphatic carbocycles. The maximum absolute atomic E-state index is 12.9. The topological polar surface area (TPSA) is 76.1 Å². The zero-order valence-corrected chi connectivity index (χ0v) is 18.0. The number of hydrogen-bond acceptors (Lipinski definition) is 5. The Bertz CT molecular complexity index is 968. The minimum absolute atomic E-state index is 0.0676. The molecule has 1 amide bonds. The van der Waals surface area contributed by atoms with Crippen molar-refractivity contribution in [1.82, 2.24) is 4.90 Å². The van der Waals surface area contributed by atoms with E-state index in [9.17, 15) is 14.7 Å². The number of amides is 1. The largest absolute Gasteiger partial charge is 0.507 e. The lowest BCUT2D eigenvalue weighted by atomic mass is 9.95. The molecule has 2 aromatic rings. The van der Waals surface area contributed by atoms with Crippen LogP contribution in [0.5, 0.6) is 5.75 Å². The van der Waals surface area contributed by atoms with Gasteiger partial charge in [0.2, 0.25) is 0 Å². The maximum atomic E-state index is 12.9. The maximum Gasteiger partial charge on any atom is 0.295 e. The SMILES string of the molecule is COCCN1C(=O)C(=O)C(=C(O)c2ccc(OC)c(C)c2)C1c1ccc(Br)cc1. The third-order valence-electron chi connectivity index (χ3n) is 4.93. The van der Waals surface area contributed by atoms with Crippen molar-refractivity contribution in [3.63, 3.8) is 0 Å². The van der Waals surface area contributed by atoms with Crippen molar-refractivity contribution in [2.75, 3.05) is 27.4 Å². The lowest BCUT2D eigenvalue weighted by Crippen LogP contribution is -2.32. The lowest BCUT2D eigenvalue weighted by Gasteiger charge is -2.25. The number of Topliss-reactive ketones (excluding diaryl/α,β-unsaturated/α-hetero) is 1. The van der Waals surface area contributed by atoms with E-state index < -0.39 is 17.7 Å². The Morgan fingerprint density at radius 2 is 1.83 bits per heavy atom. The highest BCUT2D eigenvalue weighted by Gasteiger charge is 2.45. The van der Waals surface area contributed by atoms with Gasteiger partial charge in [-0.15, -0.1) is 0 Å². The number of rotatable bonds is 6. The quantitative estimate of drug-likeness (QED) is 0.403. The number of carbonyl (C=O) groups excluding carboxylic acids is 2. The summed E-state index contributed by atoms with van der Waals surface area (Å²) in [7, 11) is 3.10. The minimum atomic E-state index is -0.708. The van der Waals surface area contributed by atoms with Crippen LogP contribution in [0.1, 0.15) is 22.7 Å². The zero-order chi connectivity index (χ0) is 21.1. The molecule has 1 aliphatic heterocycles. The molecule has 1 fully saturated rings. The van der Waals surface area contributed by atoms with E-state index in [4.69, 9.17) is 9.47 Å². The summed E-state index contributed by atoms with van der Waals surface area (Å²) in [5, 5.41) is 11.0. The van der Waals surface area contributed by atoms with E-state index >= 15 is 0 Å². The number of nitrogens with zero attached hydrogens (tertiary/aromatic N) is 1. The molecular weight excluding hydrogens is 438 g/mol. The Balaban J connectivity index is 2.15. The molecule has 0 saturated carbocycles. The van der Waals surface area contributed by atoms with Gasteiger partial charge in [-0.2, -0.15) is 0 Å². The Kier molecular flexibility index (Phi) is 6.39. The van der Waals surface area contributed by atoms with Crippen LogP contribution in [0.15, 0.2) is 52.5 Å². The first kappa shape index (κ1) is 21.1. The number of benzene rings is 2. The number of ether oxygens (including phenoxy) is 2. The molecule has 1 N–H and O–H groups in total. The van der Waals surface area contributed by atoms with E-state index in [0.29, 0.717) is 11.3 Å². The molecule has 1 heterocycles. The molecule has 2 aromatic carbocycles. The van der Waals surface area contributed by atoms with E-state index in [0.717, 1.165) is 15.6 Å². The number of halogens is 1. The van der Waals surface area contributed by atoms with Crippen LogP contribution >= 0.6 is 15.9 Å². The Morgan fingerprint density at radius 1 is 1.14 bits per heavy atom. The van der Waals surface area contributed by atoms with Crippen LogP contribution in [0.2, 0.25) is 0 Å². The Hall–Kier alpha value is -2.64. The predicted molar refractivity (Wildman–Crippen MR) is 113 cm³/mol. The van der Waals surface area contributed by atoms with Crippen molar-refractivity contribution >= 4 is 33.4 Å². The molecule has 7 heteroatoms. The summed E-state index contributed by atoms with van der Waals surface area (Å²) in [6, 6.07) is 11.8. The van der Waals surface area contributed by atoms with Gasteiger partial charge in [0.25, 0.3) is 11.7 Å². The van der Waals surface area contributed by atoms with E-state index in [1.165, 1.54) is 12.0 Å². The molecule has 29 heavy (non-hydrogen) atoms. The summed E-state index contributed by atoms with van der Waals surface area (Å²) >= 11 is 3.40. The summed E-state index contributed by atoms with van der Waals surface area (Å²) in [4.78, 5) is 27.0. The second-order valence-electron chi connectivity index (χ2n) is 6.72. The predicted octanol–water partition coefficient (Wildman–Crippen LogP) is 3.83. The molecule has 0 radical (unpaired) electrons. The van der Waals surface area contributed by atoms with Crippen molar-refractivity contribution < 1.29 is 24.2 Å². The fourth-order valence-electron chi connectivity index (χ4n) is 3.47. The van der Waals surface area contributed by atoms with Gasteiger partial charge in [-0.3, -0.25) is 9.59 Å². The summed E-state index contributed by atoms with van der Waals surface area (Å²) in [5.74, 6) is -0.893. The summed E-state index contributed by atoms with van der Waals surface area (Å²) in [6.07, 6.45) is 0. The molecule has 152 valence electrons. The standard InChI is InChI=1S/C22H22BrNO5/c1-13-12-15(6-9-17(13)29-3)20(25)18-19(14-4-7-16(23)8-5-14)24(10-11-28-2)22(27)21(18)26/h4-9,12,19,25H,10-11H2,1-3H3. The number of ketones is 1. The number of likely N-dealkylation sites (tertiary alicyclic amines) is 1. The van der Waals surface area contributed by atoms with Gasteiger partial charge in [0.05, 0.1) is 25.3 Å². The minimum Gasteiger partial charge on any atom is -0.507 e. The van der Waals surface area contributed by atoms with Crippen LogP contribution < -0.4 is 4.74 Å². The number of carbonyl (C=O) groups is 2. The third-order valence-corrected chi connectivity index (χ3v) is 5.46. The molecule has 0 bridgehead atoms. The van der Waals surface area contributed by atoms with Gasteiger partial charge in [0.15, 0.2) is 0 Å². The highest BCUT2D eigenvalue weighted by atomic mass is 79.9. The van der Waals surface area contributed by atoms with Gasteiger partial charge >= 0.3 is 0 Å². The summed E-state index contributed by atoms with van der Waals surface area (Å²) in [6.45, 7) is 2.36. The molecule has 1 saturated heterocycles. The van der Waals surface area contributed by atoms with E-state index in [1.54, 1.807) is 25.3 Å². The van der Waals surface area contributed by atoms with Crippen LogP contribution in [0.3, 0.4) is 0 Å². The van der Waals surface area contributed by atoms with Gasteiger partial charge in [-0.1, -0.05) is 28.1 Å². The van der Waals surface area contributed by atoms with Crippen molar-refractivity contribution in [2.45, 2.75) is 13.0 Å². The third kappa shape index (κ3) is 4.06. The van der Waals surface area contributed by atoms with E-state index in [2.05, 4.69) is 15.9 Å². The van der Waals surface area contributed by atoms with Crippen LogP contribution in [-0.2, 0) is 14.3 Å². The molecule has 0 spiro atoms. The zero-order valence-electron chi connectivity index (χ0n) is 16.4. The van der Waals surface area contributed by atoms with Gasteiger partial charge < -0.3 is 19.5 Å². The lowest BCUT2D eigenvalue weighted by molar-refractivity contribution is -0.140. The van der Waals surface area contributed by atoms with Crippen LogP contribution in [0, 0.1) is 6.92 Å². The van der Waals surface area contributed by atoms with Crippen LogP contribution in [-0.4, -0.2) is 49.1 Å². The fraction of sp³-hybridized carbons (Fsp3) is 0.273. The number of hydrogen-bond donors (Lipinski definition) is 1. The van der Waals surface area contributed by atoms with Crippen molar-refractivity contribution in [3.8, 4) is 5.75 Å². The first-order valence-corrected chi connectivity index (χ1v) is 9.86. The van der Waals surface area contributed by atoms with Crippen LogP contribution in [0.25, 0.3) is 5.76 Å². The molecule has 3 rings (SSSR count). The van der Waals surface area contributed by atoms with Crippen LogP contribution in [0.4, 0.5) is 0 Å². The molecule has 1 unspecified atom stereocenters. The highest BCUT2D eigenvalue weighted by molar-refractivity contribution is 9.10. The van der Waals surface area contributed by atoms with Gasteiger partial charge in [-0.05, 0) is 48.4 Å². The van der Waals surface area contributed by atoms with E-state index in [1.807, 2.05) is 31.2 Å². The Morgan fingerprint density at radius 3 is 2.41 bits per heavy atom. The van der Waals surface area contributed by atoms with Gasteiger partial charge in [0.1, 0.15) is 11.5 Å². The molecule has 1 atom stereocenters. The van der Waals surface area contributed by atoms with Gasteiger partial charge in [-0.25, -0.2) is 0 Å². The number of aryl methyl sites for hydroxylation is 1. The molecule has 0 aromatic heterocycles. The second kappa shape index (κ2) is 8.80. The number of aliphatic hydroxyl groups excluding tert-OH is 1. The summed E-state index contributed by atoms with van der Waals surface area (Å²) in [5.41, 5.74) is 2.06. The number of aliphatic hydroxyl groups is 1. The monoisotopic (exact) mass is 459 g/mol. The highest BCUT2D eigenvalue weighted by Crippen LogP contribution is 2.40. The molecule has 1 aliphatic rings. The molecule has 6 nitrogen and oxygen atoms in total. The second-order valence-corrected chi connectivity index (χ2v) is 7.64. The fourth-order valence-corrected chi connectivity index (χ4v) is 3.74. The average Bonchev–Trinajstić information content (AvgIpc) is 2.96. The smallest absolute Gasteiger partial charge is 0.295 e. The van der Waals surface area contributed by atoms with Gasteiger partial charge in [0, 0.05) is 23.7 Å². The molecular formula is C22H22BrNO5. The Labute approximate surface area is 177 Å². The van der Waals surface area contributed by atoms with E-state index in [-0.39, 0.29) is 24.5 Å². The number of methoxy groups -OCH3 is 2. The first-order valence-electron chi connectivity index (χ1n) is 9.06. The normalized spacial score (nSPS) is 18.3. The first-order chi connectivity index (χ1) is 13.9. The van der Waals surface area contributed by atoms with Crippen molar-refractivity contribution in [3.05, 3.63) is 69.2 Å².